The van der Waals surface area contributed by atoms with E-state index in [0.29, 0.717) is 12.1 Å². The predicted molar refractivity (Wildman–Crippen MR) is 65.6 cm³/mol. The molecule has 0 fully saturated rings. The molecule has 0 unspecified atom stereocenters. The van der Waals surface area contributed by atoms with Crippen molar-refractivity contribution in [3.63, 3.8) is 0 Å². The van der Waals surface area contributed by atoms with Gasteiger partial charge in [0.1, 0.15) is 5.82 Å². The van der Waals surface area contributed by atoms with Gasteiger partial charge in [0.05, 0.1) is 0 Å². The van der Waals surface area contributed by atoms with Crippen LogP contribution in [0.15, 0.2) is 41.1 Å². The molecule has 0 aliphatic rings. The molecule has 2 rings (SSSR count). The van der Waals surface area contributed by atoms with Gasteiger partial charge in [0, 0.05) is 29.0 Å². The average molecular weight is 281 g/mol. The van der Waals surface area contributed by atoms with Gasteiger partial charge in [-0.15, -0.1) is 0 Å². The minimum atomic E-state index is -0.258. The number of pyridine rings is 1. The number of aromatic nitrogens is 1. The van der Waals surface area contributed by atoms with Crippen molar-refractivity contribution in [2.75, 3.05) is 5.73 Å². The minimum absolute atomic E-state index is 0.258. The number of halogens is 2. The molecular formula is C12H10BrFN2. The summed E-state index contributed by atoms with van der Waals surface area (Å²) in [6, 6.07) is 6.53. The number of hydrogen-bond donors (Lipinski definition) is 1. The highest BCUT2D eigenvalue weighted by atomic mass is 79.9. The van der Waals surface area contributed by atoms with Crippen LogP contribution >= 0.6 is 15.9 Å². The number of benzene rings is 1. The van der Waals surface area contributed by atoms with Gasteiger partial charge in [-0.2, -0.15) is 0 Å². The Balaban J connectivity index is 2.30. The Morgan fingerprint density at radius 3 is 2.81 bits per heavy atom. The summed E-state index contributed by atoms with van der Waals surface area (Å²) in [5.41, 5.74) is 8.25. The Morgan fingerprint density at radius 2 is 2.12 bits per heavy atom. The summed E-state index contributed by atoms with van der Waals surface area (Å²) in [6.45, 7) is 0. The highest BCUT2D eigenvalue weighted by Crippen LogP contribution is 2.19. The molecule has 0 radical (unpaired) electrons. The van der Waals surface area contributed by atoms with E-state index in [2.05, 4.69) is 20.9 Å². The van der Waals surface area contributed by atoms with Crippen molar-refractivity contribution in [1.29, 1.82) is 0 Å². The standard InChI is InChI=1S/C12H10BrFN2/c13-10-4-8(5-11(14)6-10)3-9-7-16-2-1-12(9)15/h1-2,4-7H,3H2,(H2,15,16). The summed E-state index contributed by atoms with van der Waals surface area (Å²) in [5.74, 6) is -0.258. The van der Waals surface area contributed by atoms with Crippen LogP contribution in [0.4, 0.5) is 10.1 Å². The van der Waals surface area contributed by atoms with Crippen LogP contribution < -0.4 is 5.73 Å². The van der Waals surface area contributed by atoms with Crippen molar-refractivity contribution in [3.05, 3.63) is 58.1 Å². The van der Waals surface area contributed by atoms with E-state index in [0.717, 1.165) is 15.6 Å². The number of nitrogen functional groups attached to an aromatic ring is 1. The number of nitrogens with two attached hydrogens (primary N) is 1. The normalized spacial score (nSPS) is 10.4. The second-order valence-electron chi connectivity index (χ2n) is 3.53. The first-order valence-corrected chi connectivity index (χ1v) is 5.58. The molecule has 1 aromatic heterocycles. The minimum Gasteiger partial charge on any atom is -0.398 e. The molecule has 2 N–H and O–H groups in total. The van der Waals surface area contributed by atoms with Crippen LogP contribution in [0.1, 0.15) is 11.1 Å². The van der Waals surface area contributed by atoms with Crippen molar-refractivity contribution in [3.8, 4) is 0 Å². The molecule has 82 valence electrons. The average Bonchev–Trinajstić information content (AvgIpc) is 2.20. The zero-order valence-electron chi connectivity index (χ0n) is 8.45. The third kappa shape index (κ3) is 2.58. The van der Waals surface area contributed by atoms with E-state index in [1.54, 1.807) is 18.5 Å². The van der Waals surface area contributed by atoms with E-state index in [-0.39, 0.29) is 5.82 Å². The highest BCUT2D eigenvalue weighted by molar-refractivity contribution is 9.10. The number of nitrogens with zero attached hydrogens (tertiary/aromatic N) is 1. The van der Waals surface area contributed by atoms with Crippen LogP contribution in [-0.2, 0) is 6.42 Å². The van der Waals surface area contributed by atoms with Crippen molar-refractivity contribution >= 4 is 21.6 Å². The molecule has 1 heterocycles. The Hall–Kier alpha value is -1.42. The van der Waals surface area contributed by atoms with Crippen LogP contribution in [0.25, 0.3) is 0 Å². The third-order valence-corrected chi connectivity index (χ3v) is 2.72. The lowest BCUT2D eigenvalue weighted by Gasteiger charge is -2.05. The van der Waals surface area contributed by atoms with Gasteiger partial charge in [-0.25, -0.2) is 4.39 Å². The number of anilines is 1. The molecule has 4 heteroatoms. The van der Waals surface area contributed by atoms with E-state index in [1.165, 1.54) is 12.1 Å². The fourth-order valence-corrected chi connectivity index (χ4v) is 2.03. The van der Waals surface area contributed by atoms with E-state index in [4.69, 9.17) is 5.73 Å². The van der Waals surface area contributed by atoms with Gasteiger partial charge in [-0.1, -0.05) is 15.9 Å². The largest absolute Gasteiger partial charge is 0.398 e. The zero-order valence-corrected chi connectivity index (χ0v) is 10.0. The fourth-order valence-electron chi connectivity index (χ4n) is 1.52. The van der Waals surface area contributed by atoms with Crippen molar-refractivity contribution in [2.45, 2.75) is 6.42 Å². The molecule has 16 heavy (non-hydrogen) atoms. The van der Waals surface area contributed by atoms with Gasteiger partial charge in [-0.3, -0.25) is 4.98 Å². The molecule has 0 spiro atoms. The van der Waals surface area contributed by atoms with E-state index in [9.17, 15) is 4.39 Å². The Labute approximate surface area is 101 Å². The first kappa shape index (κ1) is 11.1. The number of hydrogen-bond acceptors (Lipinski definition) is 2. The first-order valence-electron chi connectivity index (χ1n) is 4.78. The Bertz CT molecular complexity index is 494. The van der Waals surface area contributed by atoms with Crippen LogP contribution in [0, 0.1) is 5.82 Å². The van der Waals surface area contributed by atoms with Crippen LogP contribution in [0.5, 0.6) is 0 Å². The topological polar surface area (TPSA) is 38.9 Å². The quantitative estimate of drug-likeness (QED) is 0.918. The Morgan fingerprint density at radius 1 is 1.31 bits per heavy atom. The van der Waals surface area contributed by atoms with E-state index < -0.39 is 0 Å². The summed E-state index contributed by atoms with van der Waals surface area (Å²) in [4.78, 5) is 4.00. The van der Waals surface area contributed by atoms with Crippen molar-refractivity contribution in [1.82, 2.24) is 4.98 Å². The smallest absolute Gasteiger partial charge is 0.124 e. The maximum atomic E-state index is 13.2. The van der Waals surface area contributed by atoms with Gasteiger partial charge in [-0.05, 0) is 35.4 Å². The molecule has 2 aromatic rings. The molecule has 0 bridgehead atoms. The third-order valence-electron chi connectivity index (χ3n) is 2.26. The lowest BCUT2D eigenvalue weighted by Crippen LogP contribution is -1.97. The first-order chi connectivity index (χ1) is 7.65. The molecule has 1 aromatic carbocycles. The molecule has 2 nitrogen and oxygen atoms in total. The molecule has 0 atom stereocenters. The monoisotopic (exact) mass is 280 g/mol. The van der Waals surface area contributed by atoms with Crippen molar-refractivity contribution < 1.29 is 4.39 Å². The second-order valence-corrected chi connectivity index (χ2v) is 4.44. The highest BCUT2D eigenvalue weighted by Gasteiger charge is 2.03. The van der Waals surface area contributed by atoms with Gasteiger partial charge in [0.2, 0.25) is 0 Å². The summed E-state index contributed by atoms with van der Waals surface area (Å²) in [6.07, 6.45) is 3.92. The lowest BCUT2D eigenvalue weighted by atomic mass is 10.1. The predicted octanol–water partition coefficient (Wildman–Crippen LogP) is 3.16. The summed E-state index contributed by atoms with van der Waals surface area (Å²) in [7, 11) is 0. The lowest BCUT2D eigenvalue weighted by molar-refractivity contribution is 0.625. The molecule has 0 saturated carbocycles. The zero-order chi connectivity index (χ0) is 11.5. The molecule has 0 aliphatic heterocycles. The molecule has 0 aliphatic carbocycles. The van der Waals surface area contributed by atoms with Gasteiger partial charge in [0.15, 0.2) is 0 Å². The second kappa shape index (κ2) is 4.61. The maximum Gasteiger partial charge on any atom is 0.124 e. The maximum absolute atomic E-state index is 13.2. The van der Waals surface area contributed by atoms with Gasteiger partial charge >= 0.3 is 0 Å². The molecule has 0 saturated heterocycles. The Kier molecular flexibility index (Phi) is 3.19. The van der Waals surface area contributed by atoms with Gasteiger partial charge in [0.25, 0.3) is 0 Å². The van der Waals surface area contributed by atoms with Crippen LogP contribution in [0.2, 0.25) is 0 Å². The molecule has 0 amide bonds. The van der Waals surface area contributed by atoms with E-state index >= 15 is 0 Å². The summed E-state index contributed by atoms with van der Waals surface area (Å²) >= 11 is 3.26. The summed E-state index contributed by atoms with van der Waals surface area (Å²) in [5, 5.41) is 0. The fraction of sp³-hybridized carbons (Fsp3) is 0.0833. The molecular weight excluding hydrogens is 271 g/mol. The van der Waals surface area contributed by atoms with Crippen molar-refractivity contribution in [2.24, 2.45) is 0 Å². The van der Waals surface area contributed by atoms with E-state index in [1.807, 2.05) is 6.07 Å². The number of rotatable bonds is 2. The van der Waals surface area contributed by atoms with Gasteiger partial charge < -0.3 is 5.73 Å². The SMILES string of the molecule is Nc1ccncc1Cc1cc(F)cc(Br)c1. The van der Waals surface area contributed by atoms with Crippen LogP contribution in [-0.4, -0.2) is 4.98 Å². The summed E-state index contributed by atoms with van der Waals surface area (Å²) < 4.78 is 13.9. The van der Waals surface area contributed by atoms with Crippen LogP contribution in [0.3, 0.4) is 0 Å².